The number of hydrogen-bond donors (Lipinski definition) is 3. The Labute approximate surface area is 236 Å². The summed E-state index contributed by atoms with van der Waals surface area (Å²) in [5.74, 6) is 1.39. The van der Waals surface area contributed by atoms with Crippen molar-refractivity contribution < 1.29 is 19.1 Å². The number of thiophene rings is 1. The number of carbonyl (C=O) groups excluding carboxylic acids is 2. The Bertz CT molecular complexity index is 1540. The highest BCUT2D eigenvalue weighted by Crippen LogP contribution is 2.42. The summed E-state index contributed by atoms with van der Waals surface area (Å²) in [6.07, 6.45) is 5.02. The predicted octanol–water partition coefficient (Wildman–Crippen LogP) is 4.80. The van der Waals surface area contributed by atoms with Gasteiger partial charge >= 0.3 is 6.09 Å². The van der Waals surface area contributed by atoms with Gasteiger partial charge in [-0.15, -0.1) is 11.3 Å². The molecule has 0 spiro atoms. The molecule has 4 aromatic rings. The topological polar surface area (TPSA) is 134 Å². The first-order valence-corrected chi connectivity index (χ1v) is 14.3. The monoisotopic (exact) mass is 565 g/mol. The largest absolute Gasteiger partial charge is 0.492 e. The van der Waals surface area contributed by atoms with Crippen LogP contribution in [0, 0.1) is 5.92 Å². The molecule has 1 atom stereocenters. The van der Waals surface area contributed by atoms with Crippen LogP contribution in [0.3, 0.4) is 0 Å². The number of carbonyl (C=O) groups is 2. The van der Waals surface area contributed by atoms with Gasteiger partial charge in [0.15, 0.2) is 0 Å². The van der Waals surface area contributed by atoms with Crippen molar-refractivity contribution in [3.05, 3.63) is 35.1 Å². The van der Waals surface area contributed by atoms with Gasteiger partial charge in [0.2, 0.25) is 5.91 Å². The van der Waals surface area contributed by atoms with Crippen molar-refractivity contribution in [1.82, 2.24) is 30.4 Å². The molecule has 212 valence electrons. The molecule has 12 heteroatoms. The van der Waals surface area contributed by atoms with Gasteiger partial charge < -0.3 is 25.0 Å². The Kier molecular flexibility index (Phi) is 7.79. The highest BCUT2D eigenvalue weighted by atomic mass is 32.1. The van der Waals surface area contributed by atoms with Crippen LogP contribution in [0.25, 0.3) is 21.1 Å². The van der Waals surface area contributed by atoms with Gasteiger partial charge in [-0.05, 0) is 58.6 Å². The molecule has 1 aliphatic carbocycles. The Morgan fingerprint density at radius 3 is 2.85 bits per heavy atom. The molecule has 40 heavy (non-hydrogen) atoms. The summed E-state index contributed by atoms with van der Waals surface area (Å²) < 4.78 is 11.2. The minimum atomic E-state index is -0.561. The fourth-order valence-corrected chi connectivity index (χ4v) is 6.22. The number of ether oxygens (including phenoxy) is 2. The highest BCUT2D eigenvalue weighted by Gasteiger charge is 2.31. The summed E-state index contributed by atoms with van der Waals surface area (Å²) in [6.45, 7) is 8.67. The van der Waals surface area contributed by atoms with Crippen molar-refractivity contribution in [3.8, 4) is 5.75 Å². The van der Waals surface area contributed by atoms with Crippen LogP contribution in [0.4, 0.5) is 16.3 Å². The highest BCUT2D eigenvalue weighted by molar-refractivity contribution is 7.19. The minimum absolute atomic E-state index is 0.0771. The molecule has 3 N–H and O–H groups in total. The lowest BCUT2D eigenvalue weighted by Crippen LogP contribution is -2.41. The number of aromatic nitrogens is 4. The van der Waals surface area contributed by atoms with E-state index in [9.17, 15) is 9.59 Å². The molecular formula is C28H35N7O4S. The second-order valence-electron chi connectivity index (χ2n) is 10.9. The van der Waals surface area contributed by atoms with Gasteiger partial charge in [-0.3, -0.25) is 9.89 Å². The number of benzene rings is 1. The number of hydrogen-bond acceptors (Lipinski definition) is 9. The summed E-state index contributed by atoms with van der Waals surface area (Å²) in [5, 5.41) is 15.3. The fraction of sp³-hybridized carbons (Fsp3) is 0.464. The summed E-state index contributed by atoms with van der Waals surface area (Å²) in [7, 11) is 1.78. The number of likely N-dealkylation sites (N-methyl/N-ethyl adjacent to an activating group) is 1. The van der Waals surface area contributed by atoms with Crippen LogP contribution in [-0.4, -0.2) is 69.4 Å². The number of anilines is 2. The average molecular weight is 566 g/mol. The summed E-state index contributed by atoms with van der Waals surface area (Å²) in [6, 6.07) is 3.93. The van der Waals surface area contributed by atoms with Crippen molar-refractivity contribution in [2.75, 3.05) is 32.1 Å². The first kappa shape index (κ1) is 27.6. The van der Waals surface area contributed by atoms with E-state index in [-0.39, 0.29) is 11.8 Å². The smallest absolute Gasteiger partial charge is 0.407 e. The average Bonchev–Trinajstić information content (AvgIpc) is 3.51. The van der Waals surface area contributed by atoms with E-state index in [2.05, 4.69) is 30.8 Å². The van der Waals surface area contributed by atoms with E-state index in [4.69, 9.17) is 9.47 Å². The molecule has 0 saturated carbocycles. The van der Waals surface area contributed by atoms with Gasteiger partial charge in [0.05, 0.1) is 29.4 Å². The van der Waals surface area contributed by atoms with E-state index in [0.717, 1.165) is 45.5 Å². The lowest BCUT2D eigenvalue weighted by atomic mass is 9.87. The number of aryl methyl sites for hydroxylation is 1. The van der Waals surface area contributed by atoms with Gasteiger partial charge in [0.1, 0.15) is 28.3 Å². The lowest BCUT2D eigenvalue weighted by molar-refractivity contribution is -0.134. The molecule has 11 nitrogen and oxygen atoms in total. The Hall–Kier alpha value is -3.93. The number of H-pyrrole nitrogens is 1. The quantitative estimate of drug-likeness (QED) is 0.277. The molecule has 1 aromatic carbocycles. The maximum absolute atomic E-state index is 13.2. The number of nitrogens with one attached hydrogen (secondary N) is 3. The van der Waals surface area contributed by atoms with Crippen LogP contribution in [-0.2, 0) is 22.4 Å². The number of amides is 2. The summed E-state index contributed by atoms with van der Waals surface area (Å²) >= 11 is 1.62. The molecule has 1 aliphatic rings. The number of nitrogens with zero attached hydrogens (tertiary/aromatic N) is 4. The Morgan fingerprint density at radius 1 is 1.25 bits per heavy atom. The second-order valence-corrected chi connectivity index (χ2v) is 12.0. The minimum Gasteiger partial charge on any atom is -0.492 e. The van der Waals surface area contributed by atoms with Crippen LogP contribution in [0.15, 0.2) is 24.7 Å². The third-order valence-electron chi connectivity index (χ3n) is 6.78. The third-order valence-corrected chi connectivity index (χ3v) is 7.94. The molecule has 0 bridgehead atoms. The van der Waals surface area contributed by atoms with Crippen LogP contribution >= 0.6 is 11.3 Å². The van der Waals surface area contributed by atoms with E-state index in [0.29, 0.717) is 31.9 Å². The lowest BCUT2D eigenvalue weighted by Gasteiger charge is -2.27. The van der Waals surface area contributed by atoms with Crippen LogP contribution < -0.4 is 15.4 Å². The van der Waals surface area contributed by atoms with E-state index < -0.39 is 11.7 Å². The molecule has 0 aliphatic heterocycles. The van der Waals surface area contributed by atoms with Crippen molar-refractivity contribution in [1.29, 1.82) is 0 Å². The molecule has 2 amide bonds. The maximum atomic E-state index is 13.2. The first-order valence-electron chi connectivity index (χ1n) is 13.5. The number of rotatable bonds is 8. The van der Waals surface area contributed by atoms with Crippen LogP contribution in [0.2, 0.25) is 0 Å². The molecule has 3 heterocycles. The predicted molar refractivity (Wildman–Crippen MR) is 155 cm³/mol. The summed E-state index contributed by atoms with van der Waals surface area (Å²) in [5.41, 5.74) is 2.34. The molecule has 0 saturated heterocycles. The summed E-state index contributed by atoms with van der Waals surface area (Å²) in [4.78, 5) is 38.0. The van der Waals surface area contributed by atoms with E-state index in [1.165, 1.54) is 10.4 Å². The number of alkyl carbamates (subject to hydrolysis) is 1. The number of fused-ring (bicyclic) bond motifs is 4. The fourth-order valence-electron chi connectivity index (χ4n) is 4.95. The third kappa shape index (κ3) is 5.96. The van der Waals surface area contributed by atoms with Gasteiger partial charge in [0, 0.05) is 42.4 Å². The van der Waals surface area contributed by atoms with Crippen molar-refractivity contribution >= 4 is 56.0 Å². The molecule has 0 radical (unpaired) electrons. The SMILES string of the molecule is CCOc1cc2[nH]ncc2cc1Nc1ncnc2sc3c(c12)CC[C@H](C(=O)N(C)CCNC(=O)OC(C)(C)C)C3. The van der Waals surface area contributed by atoms with Gasteiger partial charge in [-0.2, -0.15) is 5.10 Å². The molecule has 5 rings (SSSR count). The van der Waals surface area contributed by atoms with E-state index >= 15 is 0 Å². The van der Waals surface area contributed by atoms with Gasteiger partial charge in [-0.25, -0.2) is 14.8 Å². The van der Waals surface area contributed by atoms with Gasteiger partial charge in [0.25, 0.3) is 0 Å². The molecular weight excluding hydrogens is 530 g/mol. The van der Waals surface area contributed by atoms with Crippen molar-refractivity contribution in [3.63, 3.8) is 0 Å². The van der Waals surface area contributed by atoms with Crippen LogP contribution in [0.1, 0.15) is 44.6 Å². The Balaban J connectivity index is 1.30. The maximum Gasteiger partial charge on any atom is 0.407 e. The van der Waals surface area contributed by atoms with Gasteiger partial charge in [-0.1, -0.05) is 0 Å². The normalized spacial score (nSPS) is 15.1. The van der Waals surface area contributed by atoms with Crippen molar-refractivity contribution in [2.24, 2.45) is 5.92 Å². The first-order chi connectivity index (χ1) is 19.1. The van der Waals surface area contributed by atoms with E-state index in [1.54, 1.807) is 35.8 Å². The second kappa shape index (κ2) is 11.3. The number of aromatic amines is 1. The molecule has 0 fully saturated rings. The molecule has 0 unspecified atom stereocenters. The zero-order valence-electron chi connectivity index (χ0n) is 23.5. The molecule has 3 aromatic heterocycles. The zero-order valence-corrected chi connectivity index (χ0v) is 24.3. The van der Waals surface area contributed by atoms with Crippen LogP contribution in [0.5, 0.6) is 5.75 Å². The Morgan fingerprint density at radius 2 is 2.08 bits per heavy atom. The standard InChI is InChI=1S/C28H35N7O4S/c1-6-38-21-13-19-17(14-32-34-19)11-20(21)33-24-23-18-8-7-16(12-22(18)40-25(23)31-15-30-24)26(36)35(5)10-9-29-27(37)39-28(2,3)4/h11,13-16H,6-10,12H2,1-5H3,(H,29,37)(H,32,34)(H,30,31,33)/t16-/m0/s1. The zero-order chi connectivity index (χ0) is 28.4. The van der Waals surface area contributed by atoms with Crippen molar-refractivity contribution in [2.45, 2.75) is 52.6 Å². The van der Waals surface area contributed by atoms with E-state index in [1.807, 2.05) is 39.8 Å².